The van der Waals surface area contributed by atoms with Crippen LogP contribution >= 0.6 is 0 Å². The fraction of sp³-hybridized carbons (Fsp3) is 0.435. The number of likely N-dealkylation sites (tertiary alicyclic amines) is 1. The lowest BCUT2D eigenvalue weighted by molar-refractivity contribution is -0.150. The lowest BCUT2D eigenvalue weighted by atomic mass is 10.1. The third-order valence-electron chi connectivity index (χ3n) is 5.84. The zero-order valence-electron chi connectivity index (χ0n) is 19.4. The zero-order valence-corrected chi connectivity index (χ0v) is 20.2. The number of carbonyl (C=O) groups excluding carboxylic acids is 2. The van der Waals surface area contributed by atoms with Crippen molar-refractivity contribution in [2.75, 3.05) is 20.6 Å². The van der Waals surface area contributed by atoms with Gasteiger partial charge in [0.2, 0.25) is 15.9 Å². The van der Waals surface area contributed by atoms with E-state index in [1.165, 1.54) is 20.2 Å². The van der Waals surface area contributed by atoms with Gasteiger partial charge < -0.3 is 18.6 Å². The fourth-order valence-corrected chi connectivity index (χ4v) is 4.96. The Morgan fingerprint density at radius 3 is 2.76 bits per heavy atom. The van der Waals surface area contributed by atoms with Crippen molar-refractivity contribution in [2.45, 2.75) is 44.4 Å². The van der Waals surface area contributed by atoms with E-state index in [0.717, 1.165) is 16.2 Å². The molecule has 0 spiro atoms. The first kappa shape index (κ1) is 24.0. The van der Waals surface area contributed by atoms with Crippen LogP contribution in [0.5, 0.6) is 0 Å². The molecule has 0 radical (unpaired) electrons. The van der Waals surface area contributed by atoms with E-state index >= 15 is 0 Å². The van der Waals surface area contributed by atoms with Crippen LogP contribution in [0.15, 0.2) is 45.9 Å². The number of hydrogen-bond donors (Lipinski definition) is 0. The maximum absolute atomic E-state index is 12.7. The van der Waals surface area contributed by atoms with Crippen molar-refractivity contribution in [3.63, 3.8) is 0 Å². The number of ether oxygens (including phenoxy) is 1. The molecule has 0 unspecified atom stereocenters. The molecule has 1 amide bonds. The van der Waals surface area contributed by atoms with Crippen molar-refractivity contribution < 1.29 is 27.2 Å². The van der Waals surface area contributed by atoms with E-state index < -0.39 is 21.9 Å². The number of esters is 1. The van der Waals surface area contributed by atoms with Crippen molar-refractivity contribution in [3.05, 3.63) is 48.2 Å². The molecule has 0 bridgehead atoms. The molecular weight excluding hydrogens is 460 g/mol. The first-order valence-corrected chi connectivity index (χ1v) is 12.5. The SMILES string of the molecule is CCCn1c(COC(=O)[C@H]2CC(=O)N(Cc3ccco3)C2)nc2cc(S(=O)(=O)N(C)C)ccc21. The summed E-state index contributed by atoms with van der Waals surface area (Å²) >= 11 is 0. The number of benzene rings is 1. The number of rotatable bonds is 9. The molecule has 10 nitrogen and oxygen atoms in total. The second-order valence-corrected chi connectivity index (χ2v) is 10.6. The van der Waals surface area contributed by atoms with E-state index in [0.29, 0.717) is 30.2 Å². The molecule has 0 N–H and O–H groups in total. The lowest BCUT2D eigenvalue weighted by Crippen LogP contribution is -2.26. The summed E-state index contributed by atoms with van der Waals surface area (Å²) in [5.41, 5.74) is 1.29. The standard InChI is InChI=1S/C23H28N4O6S/c1-4-9-27-20-8-7-18(34(30,31)25(2)3)12-19(20)24-21(27)15-33-23(29)16-11-22(28)26(13-16)14-17-6-5-10-32-17/h5-8,10,12,16H,4,9,11,13-15H2,1-3H3/t16-/m0/s1. The monoisotopic (exact) mass is 488 g/mol. The van der Waals surface area contributed by atoms with E-state index in [-0.39, 0.29) is 30.4 Å². The van der Waals surface area contributed by atoms with Gasteiger partial charge in [0.25, 0.3) is 0 Å². The number of imidazole rings is 1. The van der Waals surface area contributed by atoms with Gasteiger partial charge >= 0.3 is 5.97 Å². The minimum absolute atomic E-state index is 0.0633. The summed E-state index contributed by atoms with van der Waals surface area (Å²) in [7, 11) is -0.643. The molecule has 1 saturated heterocycles. The van der Waals surface area contributed by atoms with Gasteiger partial charge in [-0.3, -0.25) is 9.59 Å². The predicted octanol–water partition coefficient (Wildman–Crippen LogP) is 2.38. The Morgan fingerprint density at radius 2 is 2.09 bits per heavy atom. The predicted molar refractivity (Wildman–Crippen MR) is 123 cm³/mol. The molecule has 4 rings (SSSR count). The zero-order chi connectivity index (χ0) is 24.5. The second-order valence-electron chi connectivity index (χ2n) is 8.48. The highest BCUT2D eigenvalue weighted by molar-refractivity contribution is 7.89. The Kier molecular flexibility index (Phi) is 6.76. The van der Waals surface area contributed by atoms with Crippen LogP contribution < -0.4 is 0 Å². The topological polar surface area (TPSA) is 115 Å². The van der Waals surface area contributed by atoms with Gasteiger partial charge in [0.1, 0.15) is 18.2 Å². The largest absolute Gasteiger partial charge is 0.467 e. The summed E-state index contributed by atoms with van der Waals surface area (Å²) < 4.78 is 38.9. The highest BCUT2D eigenvalue weighted by Gasteiger charge is 2.36. The van der Waals surface area contributed by atoms with Crippen LogP contribution in [0.25, 0.3) is 11.0 Å². The van der Waals surface area contributed by atoms with Gasteiger partial charge in [-0.2, -0.15) is 0 Å². The molecule has 3 heterocycles. The molecule has 1 aromatic carbocycles. The summed E-state index contributed by atoms with van der Waals surface area (Å²) in [5, 5.41) is 0. The summed E-state index contributed by atoms with van der Waals surface area (Å²) in [6.07, 6.45) is 2.46. The first-order chi connectivity index (χ1) is 16.2. The highest BCUT2D eigenvalue weighted by Crippen LogP contribution is 2.25. The number of hydrogen-bond acceptors (Lipinski definition) is 7. The van der Waals surface area contributed by atoms with E-state index in [1.807, 2.05) is 11.5 Å². The van der Waals surface area contributed by atoms with E-state index in [9.17, 15) is 18.0 Å². The minimum Gasteiger partial charge on any atom is -0.467 e. The molecule has 2 aromatic heterocycles. The molecule has 1 fully saturated rings. The molecule has 34 heavy (non-hydrogen) atoms. The van der Waals surface area contributed by atoms with Gasteiger partial charge in [0, 0.05) is 33.6 Å². The lowest BCUT2D eigenvalue weighted by Gasteiger charge is -2.15. The van der Waals surface area contributed by atoms with Gasteiger partial charge in [0.15, 0.2) is 0 Å². The van der Waals surface area contributed by atoms with Crippen LogP contribution in [0.4, 0.5) is 0 Å². The maximum Gasteiger partial charge on any atom is 0.311 e. The summed E-state index contributed by atoms with van der Waals surface area (Å²) in [4.78, 5) is 31.3. The third-order valence-corrected chi connectivity index (χ3v) is 7.65. The van der Waals surface area contributed by atoms with Crippen LogP contribution in [-0.4, -0.2) is 59.7 Å². The molecule has 1 aliphatic heterocycles. The summed E-state index contributed by atoms with van der Waals surface area (Å²) in [5.74, 6) is 0.0587. The van der Waals surface area contributed by atoms with E-state index in [4.69, 9.17) is 9.15 Å². The average molecular weight is 489 g/mol. The van der Waals surface area contributed by atoms with Crippen LogP contribution in [0.3, 0.4) is 0 Å². The van der Waals surface area contributed by atoms with Crippen molar-refractivity contribution >= 4 is 32.9 Å². The van der Waals surface area contributed by atoms with Crippen LogP contribution in [0.1, 0.15) is 31.4 Å². The van der Waals surface area contributed by atoms with Crippen molar-refractivity contribution in [1.82, 2.24) is 18.8 Å². The Morgan fingerprint density at radius 1 is 1.29 bits per heavy atom. The second kappa shape index (κ2) is 9.59. The van der Waals surface area contributed by atoms with Gasteiger partial charge in [0.05, 0.1) is 34.7 Å². The Bertz CT molecular complexity index is 1300. The van der Waals surface area contributed by atoms with Crippen molar-refractivity contribution in [1.29, 1.82) is 0 Å². The minimum atomic E-state index is -3.59. The molecule has 1 atom stereocenters. The van der Waals surface area contributed by atoms with Gasteiger partial charge in [-0.05, 0) is 36.8 Å². The van der Waals surface area contributed by atoms with Crippen LogP contribution in [0, 0.1) is 5.92 Å². The number of fused-ring (bicyclic) bond motifs is 1. The fourth-order valence-electron chi connectivity index (χ4n) is 4.04. The number of aromatic nitrogens is 2. The van der Waals surface area contributed by atoms with Crippen molar-refractivity contribution in [3.8, 4) is 0 Å². The molecule has 182 valence electrons. The Hall–Kier alpha value is -3.18. The molecule has 1 aliphatic rings. The van der Waals surface area contributed by atoms with E-state index in [1.54, 1.807) is 35.4 Å². The Balaban J connectivity index is 1.48. The molecule has 3 aromatic rings. The highest BCUT2D eigenvalue weighted by atomic mass is 32.2. The van der Waals surface area contributed by atoms with Crippen LogP contribution in [0.2, 0.25) is 0 Å². The number of furan rings is 1. The first-order valence-electron chi connectivity index (χ1n) is 11.1. The number of carbonyl (C=O) groups is 2. The molecule has 0 aliphatic carbocycles. The number of aryl methyl sites for hydroxylation is 1. The normalized spacial score (nSPS) is 16.6. The number of sulfonamides is 1. The average Bonchev–Trinajstić information content (AvgIpc) is 3.52. The molecular formula is C23H28N4O6S. The summed E-state index contributed by atoms with van der Waals surface area (Å²) in [6, 6.07) is 8.35. The van der Waals surface area contributed by atoms with Gasteiger partial charge in [-0.25, -0.2) is 17.7 Å². The quantitative estimate of drug-likeness (QED) is 0.425. The van der Waals surface area contributed by atoms with Crippen molar-refractivity contribution in [2.24, 2.45) is 5.92 Å². The Labute approximate surface area is 198 Å². The third kappa shape index (κ3) is 4.71. The maximum atomic E-state index is 12.7. The van der Waals surface area contributed by atoms with Gasteiger partial charge in [-0.1, -0.05) is 6.92 Å². The van der Waals surface area contributed by atoms with Crippen LogP contribution in [-0.2, 0) is 44.0 Å². The number of amides is 1. The molecule has 11 heteroatoms. The summed E-state index contributed by atoms with van der Waals surface area (Å²) in [6.45, 7) is 3.19. The van der Waals surface area contributed by atoms with Gasteiger partial charge in [-0.15, -0.1) is 0 Å². The number of nitrogens with zero attached hydrogens (tertiary/aromatic N) is 4. The van der Waals surface area contributed by atoms with E-state index in [2.05, 4.69) is 4.98 Å². The molecule has 0 saturated carbocycles. The smallest absolute Gasteiger partial charge is 0.311 e.